The molecular formula is C26H24ClF2N5O4S. The van der Waals surface area contributed by atoms with Gasteiger partial charge in [-0.3, -0.25) is 4.90 Å². The highest BCUT2D eigenvalue weighted by atomic mass is 35.5. The van der Waals surface area contributed by atoms with Crippen molar-refractivity contribution in [2.75, 3.05) is 11.4 Å². The van der Waals surface area contributed by atoms with Crippen LogP contribution in [0.15, 0.2) is 48.9 Å². The van der Waals surface area contributed by atoms with Crippen molar-refractivity contribution in [3.8, 4) is 10.4 Å². The smallest absolute Gasteiger partial charge is 0.413 e. The third-order valence-electron chi connectivity index (χ3n) is 5.39. The van der Waals surface area contributed by atoms with Gasteiger partial charge >= 0.3 is 12.2 Å². The number of carbonyl (C=O) groups is 2. The molecule has 1 atom stereocenters. The number of nitrogens with zero attached hydrogens (tertiary/aromatic N) is 4. The van der Waals surface area contributed by atoms with E-state index in [1.165, 1.54) is 30.7 Å². The monoisotopic (exact) mass is 575 g/mol. The molecule has 0 fully saturated rings. The second-order valence-corrected chi connectivity index (χ2v) is 11.0. The van der Waals surface area contributed by atoms with Crippen molar-refractivity contribution in [3.63, 3.8) is 0 Å². The van der Waals surface area contributed by atoms with Gasteiger partial charge in [0.1, 0.15) is 5.60 Å². The van der Waals surface area contributed by atoms with Gasteiger partial charge in [-0.05, 0) is 55.8 Å². The summed E-state index contributed by atoms with van der Waals surface area (Å²) in [6.07, 6.45) is 2.24. The summed E-state index contributed by atoms with van der Waals surface area (Å²) in [6, 6.07) is 7.23. The van der Waals surface area contributed by atoms with Gasteiger partial charge in [-0.2, -0.15) is 8.78 Å². The van der Waals surface area contributed by atoms with E-state index in [0.717, 1.165) is 27.2 Å². The first kappa shape index (κ1) is 28.1. The van der Waals surface area contributed by atoms with Crippen LogP contribution in [0.1, 0.15) is 26.3 Å². The number of ether oxygens (including phenoxy) is 1. The maximum atomic E-state index is 13.6. The Hall–Kier alpha value is -3.90. The van der Waals surface area contributed by atoms with Crippen molar-refractivity contribution in [1.82, 2.24) is 20.3 Å². The summed E-state index contributed by atoms with van der Waals surface area (Å²) in [5, 5.41) is 14.0. The topological polar surface area (TPSA) is 118 Å². The third-order valence-corrected chi connectivity index (χ3v) is 6.72. The van der Waals surface area contributed by atoms with E-state index < -0.39 is 35.7 Å². The number of amides is 2. The van der Waals surface area contributed by atoms with Crippen LogP contribution >= 0.6 is 22.9 Å². The fourth-order valence-corrected chi connectivity index (χ4v) is 4.85. The Morgan fingerprint density at radius 1 is 1.10 bits per heavy atom. The van der Waals surface area contributed by atoms with Crippen LogP contribution in [-0.4, -0.2) is 50.4 Å². The van der Waals surface area contributed by atoms with Gasteiger partial charge in [0.2, 0.25) is 11.9 Å². The van der Waals surface area contributed by atoms with Gasteiger partial charge < -0.3 is 15.2 Å². The van der Waals surface area contributed by atoms with Gasteiger partial charge in [-0.1, -0.05) is 35.1 Å². The lowest BCUT2D eigenvalue weighted by molar-refractivity contribution is 0.0505. The average Bonchev–Trinajstić information content (AvgIpc) is 3.32. The maximum Gasteiger partial charge on any atom is 0.413 e. The van der Waals surface area contributed by atoms with Gasteiger partial charge in [-0.25, -0.2) is 24.5 Å². The molecule has 0 radical (unpaired) electrons. The summed E-state index contributed by atoms with van der Waals surface area (Å²) >= 11 is 6.98. The molecule has 0 aliphatic rings. The zero-order chi connectivity index (χ0) is 28.3. The van der Waals surface area contributed by atoms with Crippen molar-refractivity contribution >= 4 is 51.0 Å². The Morgan fingerprint density at radius 3 is 2.56 bits per heavy atom. The number of rotatable bonds is 7. The molecule has 0 aliphatic carbocycles. The fraction of sp³-hybridized carbons (Fsp3) is 0.269. The summed E-state index contributed by atoms with van der Waals surface area (Å²) in [5.74, 6) is -1.45. The molecule has 4 aromatic rings. The van der Waals surface area contributed by atoms with Crippen molar-refractivity contribution in [3.05, 3.63) is 71.4 Å². The van der Waals surface area contributed by atoms with Crippen LogP contribution in [0, 0.1) is 11.9 Å². The number of nitrogens with one attached hydrogen (secondary N) is 1. The quantitative estimate of drug-likeness (QED) is 0.248. The third kappa shape index (κ3) is 7.36. The summed E-state index contributed by atoms with van der Waals surface area (Å²) in [4.78, 5) is 38.0. The van der Waals surface area contributed by atoms with Crippen molar-refractivity contribution in [1.29, 1.82) is 0 Å². The van der Waals surface area contributed by atoms with Crippen molar-refractivity contribution in [2.45, 2.75) is 38.8 Å². The van der Waals surface area contributed by atoms with E-state index in [1.807, 2.05) is 6.07 Å². The molecule has 2 N–H and O–H groups in total. The summed E-state index contributed by atoms with van der Waals surface area (Å²) in [5.41, 5.74) is 0.411. The van der Waals surface area contributed by atoms with Crippen LogP contribution in [0.2, 0.25) is 5.02 Å². The van der Waals surface area contributed by atoms with E-state index in [0.29, 0.717) is 15.8 Å². The van der Waals surface area contributed by atoms with Crippen LogP contribution in [0.5, 0.6) is 0 Å². The van der Waals surface area contributed by atoms with E-state index in [4.69, 9.17) is 16.3 Å². The molecule has 0 aliphatic heterocycles. The molecule has 3 aromatic heterocycles. The fourth-order valence-electron chi connectivity index (χ4n) is 3.74. The predicted octanol–water partition coefficient (Wildman–Crippen LogP) is 6.31. The molecule has 3 heterocycles. The van der Waals surface area contributed by atoms with Gasteiger partial charge in [0, 0.05) is 30.0 Å². The van der Waals surface area contributed by atoms with E-state index in [9.17, 15) is 23.5 Å². The SMILES string of the molecule is CC(C)(C)OC(=O)N[C@H](Cc1cnc(F)c(Cl)c1)CN(C(=O)O)c1ncc(-c2ccc3cnc(F)cc3c2)s1. The van der Waals surface area contributed by atoms with E-state index in [1.54, 1.807) is 32.9 Å². The van der Waals surface area contributed by atoms with Gasteiger partial charge in [0.25, 0.3) is 0 Å². The maximum absolute atomic E-state index is 13.6. The second-order valence-electron chi connectivity index (χ2n) is 9.63. The minimum atomic E-state index is -1.30. The number of fused-ring (bicyclic) bond motifs is 1. The van der Waals surface area contributed by atoms with Gasteiger partial charge in [0.15, 0.2) is 5.13 Å². The summed E-state index contributed by atoms with van der Waals surface area (Å²) in [6.45, 7) is 4.89. The van der Waals surface area contributed by atoms with Gasteiger partial charge in [0.05, 0.1) is 22.5 Å². The molecule has 0 saturated carbocycles. The van der Waals surface area contributed by atoms with E-state index >= 15 is 0 Å². The molecule has 0 spiro atoms. The zero-order valence-corrected chi connectivity index (χ0v) is 22.7. The zero-order valence-electron chi connectivity index (χ0n) is 21.1. The van der Waals surface area contributed by atoms with Gasteiger partial charge in [-0.15, -0.1) is 0 Å². The highest BCUT2D eigenvalue weighted by Gasteiger charge is 2.27. The molecule has 4 rings (SSSR count). The number of halogens is 3. The lowest BCUT2D eigenvalue weighted by Gasteiger charge is -2.26. The number of anilines is 1. The number of pyridine rings is 2. The van der Waals surface area contributed by atoms with Crippen LogP contribution < -0.4 is 10.2 Å². The Kier molecular flexibility index (Phi) is 8.26. The van der Waals surface area contributed by atoms with Crippen molar-refractivity contribution in [2.24, 2.45) is 0 Å². The number of carbonyl (C=O) groups excluding carboxylic acids is 1. The number of carboxylic acid groups (broad SMARTS) is 1. The van der Waals surface area contributed by atoms with E-state index in [2.05, 4.69) is 20.3 Å². The number of thiazole rings is 1. The van der Waals surface area contributed by atoms with Crippen LogP contribution in [0.4, 0.5) is 23.5 Å². The molecule has 0 saturated heterocycles. The lowest BCUT2D eigenvalue weighted by Crippen LogP contribution is -2.48. The molecular weight excluding hydrogens is 552 g/mol. The first-order chi connectivity index (χ1) is 18.4. The molecule has 9 nitrogen and oxygen atoms in total. The highest BCUT2D eigenvalue weighted by Crippen LogP contribution is 2.33. The predicted molar refractivity (Wildman–Crippen MR) is 144 cm³/mol. The standard InChI is InChI=1S/C26H24ClF2N5O4S/c1-26(2,3)38-24(35)33-18(6-14-7-19(27)22(29)31-10-14)13-34(25(36)37)23-32-12-20(39-23)15-4-5-16-11-30-21(28)9-17(16)8-15/h4-5,7-12,18H,6,13H2,1-3H3,(H,33,35)(H,36,37)/t18-/m1/s1. The molecule has 0 bridgehead atoms. The first-order valence-electron chi connectivity index (χ1n) is 11.7. The average molecular weight is 576 g/mol. The molecule has 0 unspecified atom stereocenters. The molecule has 2 amide bonds. The second kappa shape index (κ2) is 11.5. The number of hydrogen-bond donors (Lipinski definition) is 2. The molecule has 39 heavy (non-hydrogen) atoms. The van der Waals surface area contributed by atoms with E-state index in [-0.39, 0.29) is 23.1 Å². The number of aromatic nitrogens is 3. The summed E-state index contributed by atoms with van der Waals surface area (Å²) < 4.78 is 32.5. The first-order valence-corrected chi connectivity index (χ1v) is 12.9. The molecule has 1 aromatic carbocycles. The van der Waals surface area contributed by atoms with Crippen molar-refractivity contribution < 1.29 is 28.2 Å². The normalized spacial score (nSPS) is 12.3. The Bertz CT molecular complexity index is 1530. The Morgan fingerprint density at radius 2 is 1.87 bits per heavy atom. The molecule has 204 valence electrons. The Labute approximate surface area is 231 Å². The Balaban J connectivity index is 1.60. The number of benzene rings is 1. The number of alkyl carbamates (subject to hydrolysis) is 1. The van der Waals surface area contributed by atoms with Crippen LogP contribution in [-0.2, 0) is 11.2 Å². The molecule has 13 heteroatoms. The largest absolute Gasteiger partial charge is 0.465 e. The number of hydrogen-bond acceptors (Lipinski definition) is 7. The minimum Gasteiger partial charge on any atom is -0.465 e. The summed E-state index contributed by atoms with van der Waals surface area (Å²) in [7, 11) is 0. The van der Waals surface area contributed by atoms with Crippen LogP contribution in [0.25, 0.3) is 21.2 Å². The van der Waals surface area contributed by atoms with Crippen LogP contribution in [0.3, 0.4) is 0 Å². The highest BCUT2D eigenvalue weighted by molar-refractivity contribution is 7.19. The lowest BCUT2D eigenvalue weighted by atomic mass is 10.1. The minimum absolute atomic E-state index is 0.0819.